The summed E-state index contributed by atoms with van der Waals surface area (Å²) < 4.78 is 27.9. The third-order valence-corrected chi connectivity index (χ3v) is 5.02. The van der Waals surface area contributed by atoms with Crippen LogP contribution in [0.5, 0.6) is 0 Å². The first-order chi connectivity index (χ1) is 8.40. The fourth-order valence-electron chi connectivity index (χ4n) is 1.71. The van der Waals surface area contributed by atoms with Gasteiger partial charge in [-0.15, -0.1) is 11.3 Å². The van der Waals surface area contributed by atoms with Gasteiger partial charge in [0.1, 0.15) is 11.6 Å². The second kappa shape index (κ2) is 5.07. The van der Waals surface area contributed by atoms with E-state index in [4.69, 9.17) is 5.73 Å². The molecule has 0 radical (unpaired) electrons. The van der Waals surface area contributed by atoms with Gasteiger partial charge in [0.15, 0.2) is 0 Å². The van der Waals surface area contributed by atoms with Crippen LogP contribution in [-0.4, -0.2) is 0 Å². The molecular formula is C13H12BrF2NS. The molecule has 1 nitrogen and oxygen atoms in total. The molecule has 2 N–H and O–H groups in total. The summed E-state index contributed by atoms with van der Waals surface area (Å²) in [5, 5.41) is 0. The molecular weight excluding hydrogens is 320 g/mol. The van der Waals surface area contributed by atoms with Crippen LogP contribution < -0.4 is 5.73 Å². The second-order valence-electron chi connectivity index (χ2n) is 4.21. The highest BCUT2D eigenvalue weighted by molar-refractivity contribution is 9.11. The van der Waals surface area contributed by atoms with Crippen LogP contribution in [0.2, 0.25) is 0 Å². The number of nitrogens with two attached hydrogens (primary N) is 1. The van der Waals surface area contributed by atoms with E-state index in [1.807, 2.05) is 13.0 Å². The van der Waals surface area contributed by atoms with Gasteiger partial charge in [0.05, 0.1) is 9.83 Å². The molecule has 0 aliphatic carbocycles. The predicted molar refractivity (Wildman–Crippen MR) is 73.9 cm³/mol. The zero-order valence-corrected chi connectivity index (χ0v) is 12.3. The number of hydrogen-bond donors (Lipinski definition) is 1. The van der Waals surface area contributed by atoms with Crippen LogP contribution in [0.15, 0.2) is 22.0 Å². The van der Waals surface area contributed by atoms with E-state index >= 15 is 0 Å². The molecule has 0 saturated heterocycles. The van der Waals surface area contributed by atoms with Crippen LogP contribution in [-0.2, 0) is 0 Å². The van der Waals surface area contributed by atoms with E-state index in [0.29, 0.717) is 11.1 Å². The minimum Gasteiger partial charge on any atom is -0.320 e. The van der Waals surface area contributed by atoms with Gasteiger partial charge >= 0.3 is 0 Å². The van der Waals surface area contributed by atoms with Crippen molar-refractivity contribution in [2.75, 3.05) is 0 Å². The molecule has 0 amide bonds. The lowest BCUT2D eigenvalue weighted by Crippen LogP contribution is -2.13. The lowest BCUT2D eigenvalue weighted by molar-refractivity contribution is 0.561. The van der Waals surface area contributed by atoms with Crippen LogP contribution in [0.1, 0.15) is 27.6 Å². The molecule has 2 rings (SSSR count). The van der Waals surface area contributed by atoms with Crippen molar-refractivity contribution in [1.82, 2.24) is 0 Å². The summed E-state index contributed by atoms with van der Waals surface area (Å²) in [5.74, 6) is -1.15. The smallest absolute Gasteiger partial charge is 0.131 e. The lowest BCUT2D eigenvalue weighted by atomic mass is 10.0. The Kier molecular flexibility index (Phi) is 3.84. The Morgan fingerprint density at radius 2 is 1.78 bits per heavy atom. The summed E-state index contributed by atoms with van der Waals surface area (Å²) in [6.45, 7) is 3.55. The van der Waals surface area contributed by atoms with E-state index in [2.05, 4.69) is 15.9 Å². The Morgan fingerprint density at radius 1 is 1.11 bits per heavy atom. The molecule has 5 heteroatoms. The molecule has 1 aromatic heterocycles. The van der Waals surface area contributed by atoms with Crippen LogP contribution in [0.4, 0.5) is 8.78 Å². The maximum absolute atomic E-state index is 13.7. The Bertz CT molecular complexity index is 575. The second-order valence-corrected chi connectivity index (χ2v) is 6.61. The first-order valence-electron chi connectivity index (χ1n) is 5.37. The van der Waals surface area contributed by atoms with E-state index in [9.17, 15) is 8.78 Å². The van der Waals surface area contributed by atoms with Gasteiger partial charge in [0.25, 0.3) is 0 Å². The number of aryl methyl sites for hydroxylation is 2. The zero-order valence-electron chi connectivity index (χ0n) is 9.93. The number of hydrogen-bond acceptors (Lipinski definition) is 2. The first-order valence-corrected chi connectivity index (χ1v) is 6.98. The van der Waals surface area contributed by atoms with E-state index < -0.39 is 17.7 Å². The number of halogens is 3. The maximum Gasteiger partial charge on any atom is 0.131 e. The van der Waals surface area contributed by atoms with Gasteiger partial charge in [-0.1, -0.05) is 0 Å². The SMILES string of the molecule is Cc1cc(C(N)c2cc(C)c(Br)s2)c(F)cc1F. The normalized spacial score (nSPS) is 12.8. The number of rotatable bonds is 2. The molecule has 18 heavy (non-hydrogen) atoms. The van der Waals surface area contributed by atoms with E-state index in [-0.39, 0.29) is 0 Å². The third-order valence-electron chi connectivity index (χ3n) is 2.80. The predicted octanol–water partition coefficient (Wildman–Crippen LogP) is 4.45. The van der Waals surface area contributed by atoms with Crippen molar-refractivity contribution < 1.29 is 8.78 Å². The first kappa shape index (κ1) is 13.6. The van der Waals surface area contributed by atoms with Crippen LogP contribution in [0.3, 0.4) is 0 Å². The van der Waals surface area contributed by atoms with Gasteiger partial charge in [-0.25, -0.2) is 8.78 Å². The summed E-state index contributed by atoms with van der Waals surface area (Å²) in [4.78, 5) is 0.851. The Balaban J connectivity index is 2.45. The van der Waals surface area contributed by atoms with Crippen molar-refractivity contribution in [3.05, 3.63) is 55.2 Å². The zero-order chi connectivity index (χ0) is 13.4. The Morgan fingerprint density at radius 3 is 2.33 bits per heavy atom. The molecule has 0 spiro atoms. The summed E-state index contributed by atoms with van der Waals surface area (Å²) in [6.07, 6.45) is 0. The van der Waals surface area contributed by atoms with Gasteiger partial charge in [-0.2, -0.15) is 0 Å². The topological polar surface area (TPSA) is 26.0 Å². The fraction of sp³-hybridized carbons (Fsp3) is 0.231. The third kappa shape index (κ3) is 2.48. The fourth-order valence-corrected chi connectivity index (χ4v) is 3.30. The summed E-state index contributed by atoms with van der Waals surface area (Å²) >= 11 is 4.88. The van der Waals surface area contributed by atoms with Crippen molar-refractivity contribution in [3.63, 3.8) is 0 Å². The maximum atomic E-state index is 13.7. The van der Waals surface area contributed by atoms with Crippen molar-refractivity contribution in [3.8, 4) is 0 Å². The quantitative estimate of drug-likeness (QED) is 0.864. The van der Waals surface area contributed by atoms with Gasteiger partial charge in [-0.05, 0) is 53.0 Å². The van der Waals surface area contributed by atoms with E-state index in [1.165, 1.54) is 17.4 Å². The molecule has 1 atom stereocenters. The van der Waals surface area contributed by atoms with Gasteiger partial charge in [0.2, 0.25) is 0 Å². The minimum absolute atomic E-state index is 0.322. The summed E-state index contributed by atoms with van der Waals surface area (Å²) in [6, 6.07) is 3.70. The number of benzene rings is 1. The Hall–Kier alpha value is -0.780. The molecule has 1 unspecified atom stereocenters. The molecule has 2 aromatic rings. The van der Waals surface area contributed by atoms with Crippen molar-refractivity contribution >= 4 is 27.3 Å². The highest BCUT2D eigenvalue weighted by Gasteiger charge is 2.18. The Labute approximate surface area is 117 Å². The average molecular weight is 332 g/mol. The van der Waals surface area contributed by atoms with Crippen molar-refractivity contribution in [2.45, 2.75) is 19.9 Å². The van der Waals surface area contributed by atoms with E-state index in [0.717, 1.165) is 20.3 Å². The average Bonchev–Trinajstić information content (AvgIpc) is 2.63. The summed E-state index contributed by atoms with van der Waals surface area (Å²) in [7, 11) is 0. The molecule has 0 bridgehead atoms. The lowest BCUT2D eigenvalue weighted by Gasteiger charge is -2.12. The number of thiophene rings is 1. The highest BCUT2D eigenvalue weighted by atomic mass is 79.9. The molecule has 0 saturated carbocycles. The summed E-state index contributed by atoms with van der Waals surface area (Å²) in [5.41, 5.74) is 7.82. The standard InChI is InChI=1S/C13H12BrF2NS/c1-6-3-8(10(16)5-9(6)15)12(17)11-4-7(2)13(14)18-11/h3-5,12H,17H2,1-2H3. The van der Waals surface area contributed by atoms with Gasteiger partial charge < -0.3 is 5.73 Å². The van der Waals surface area contributed by atoms with Gasteiger partial charge in [0, 0.05) is 16.5 Å². The van der Waals surface area contributed by atoms with Crippen molar-refractivity contribution in [1.29, 1.82) is 0 Å². The molecule has 0 aliphatic rings. The molecule has 96 valence electrons. The molecule has 0 aliphatic heterocycles. The minimum atomic E-state index is -0.604. The largest absolute Gasteiger partial charge is 0.320 e. The van der Waals surface area contributed by atoms with Crippen LogP contribution >= 0.6 is 27.3 Å². The van der Waals surface area contributed by atoms with Crippen LogP contribution in [0, 0.1) is 25.5 Å². The molecule has 1 heterocycles. The van der Waals surface area contributed by atoms with E-state index in [1.54, 1.807) is 6.92 Å². The molecule has 1 aromatic carbocycles. The molecule has 0 fully saturated rings. The van der Waals surface area contributed by atoms with Crippen molar-refractivity contribution in [2.24, 2.45) is 5.73 Å². The van der Waals surface area contributed by atoms with Crippen LogP contribution in [0.25, 0.3) is 0 Å². The monoisotopic (exact) mass is 331 g/mol. The highest BCUT2D eigenvalue weighted by Crippen LogP contribution is 2.34. The van der Waals surface area contributed by atoms with Gasteiger partial charge in [-0.3, -0.25) is 0 Å².